The molecular weight excluding hydrogens is 328 g/mol. The molecule has 0 radical (unpaired) electrons. The van der Waals surface area contributed by atoms with Crippen LogP contribution in [0.2, 0.25) is 0 Å². The molecule has 130 valence electrons. The molecule has 0 amide bonds. The number of hydrogen-bond acceptors (Lipinski definition) is 6. The number of rotatable bonds is 5. The highest BCUT2D eigenvalue weighted by atomic mass is 15.5. The zero-order valence-electron chi connectivity index (χ0n) is 14.2. The lowest BCUT2D eigenvalue weighted by Gasteiger charge is -2.24. The van der Waals surface area contributed by atoms with Gasteiger partial charge in [-0.1, -0.05) is 11.6 Å². The summed E-state index contributed by atoms with van der Waals surface area (Å²) in [5, 5.41) is 16.6. The second kappa shape index (κ2) is 6.21. The van der Waals surface area contributed by atoms with Gasteiger partial charge in [-0.3, -0.25) is 0 Å². The van der Waals surface area contributed by atoms with Crippen LogP contribution < -0.4 is 5.32 Å². The van der Waals surface area contributed by atoms with Crippen LogP contribution in [0.1, 0.15) is 30.7 Å². The third-order valence-electron chi connectivity index (χ3n) is 4.90. The Bertz CT molecular complexity index is 1020. The van der Waals surface area contributed by atoms with Gasteiger partial charge in [0.25, 0.3) is 0 Å². The molecule has 1 aliphatic rings. The lowest BCUT2D eigenvalue weighted by Crippen LogP contribution is -2.10. The molecule has 1 fully saturated rings. The smallest absolute Gasteiger partial charge is 0.227 e. The van der Waals surface area contributed by atoms with Crippen LogP contribution in [0, 0.1) is 0 Å². The predicted molar refractivity (Wildman–Crippen MR) is 97.1 cm³/mol. The van der Waals surface area contributed by atoms with Crippen molar-refractivity contribution < 1.29 is 0 Å². The Hall–Kier alpha value is -3.29. The summed E-state index contributed by atoms with van der Waals surface area (Å²) in [6.45, 7) is 0.513. The van der Waals surface area contributed by atoms with Crippen LogP contribution in [0.5, 0.6) is 0 Å². The van der Waals surface area contributed by atoms with Gasteiger partial charge in [-0.2, -0.15) is 5.10 Å². The van der Waals surface area contributed by atoms with Gasteiger partial charge in [0.1, 0.15) is 6.67 Å². The van der Waals surface area contributed by atoms with E-state index in [1.165, 1.54) is 24.8 Å². The van der Waals surface area contributed by atoms with E-state index >= 15 is 0 Å². The minimum Gasteiger partial charge on any atom is -0.324 e. The molecule has 1 N–H and O–H groups in total. The van der Waals surface area contributed by atoms with E-state index in [0.717, 1.165) is 16.6 Å². The van der Waals surface area contributed by atoms with Gasteiger partial charge >= 0.3 is 0 Å². The Kier molecular flexibility index (Phi) is 3.59. The van der Waals surface area contributed by atoms with E-state index in [1.54, 1.807) is 10.9 Å². The Morgan fingerprint density at radius 1 is 1.12 bits per heavy atom. The highest BCUT2D eigenvalue weighted by Crippen LogP contribution is 2.35. The van der Waals surface area contributed by atoms with Crippen molar-refractivity contribution in [3.8, 4) is 0 Å². The van der Waals surface area contributed by atoms with Gasteiger partial charge in [-0.25, -0.2) is 19.3 Å². The fraction of sp³-hybridized carbons (Fsp3) is 0.278. The van der Waals surface area contributed by atoms with Crippen LogP contribution in [0.4, 0.5) is 11.6 Å². The van der Waals surface area contributed by atoms with E-state index in [-0.39, 0.29) is 0 Å². The minimum absolute atomic E-state index is 0.513. The van der Waals surface area contributed by atoms with Crippen molar-refractivity contribution in [2.45, 2.75) is 31.8 Å². The van der Waals surface area contributed by atoms with Crippen LogP contribution in [0.25, 0.3) is 10.9 Å². The summed E-state index contributed by atoms with van der Waals surface area (Å²) >= 11 is 0. The predicted octanol–water partition coefficient (Wildman–Crippen LogP) is 2.93. The topological polar surface area (TPSA) is 86.3 Å². The largest absolute Gasteiger partial charge is 0.324 e. The Balaban J connectivity index is 1.38. The van der Waals surface area contributed by atoms with E-state index in [1.807, 2.05) is 47.7 Å². The summed E-state index contributed by atoms with van der Waals surface area (Å²) in [5.74, 6) is 1.25. The van der Waals surface area contributed by atoms with Crippen molar-refractivity contribution in [2.75, 3.05) is 5.32 Å². The van der Waals surface area contributed by atoms with E-state index in [9.17, 15) is 0 Å². The fourth-order valence-corrected chi connectivity index (χ4v) is 3.19. The molecule has 1 aliphatic carbocycles. The average molecular weight is 346 g/mol. The number of anilines is 2. The van der Waals surface area contributed by atoms with E-state index in [2.05, 4.69) is 30.7 Å². The van der Waals surface area contributed by atoms with Gasteiger partial charge in [-0.05, 0) is 42.5 Å². The number of benzene rings is 1. The first-order valence-electron chi connectivity index (χ1n) is 8.74. The molecule has 0 aliphatic heterocycles. The number of nitrogens with zero attached hydrogens (tertiary/aromatic N) is 7. The number of fused-ring (bicyclic) bond motifs is 1. The number of nitrogens with one attached hydrogen (secondary N) is 1. The molecule has 1 aromatic carbocycles. The van der Waals surface area contributed by atoms with E-state index in [4.69, 9.17) is 0 Å². The molecule has 4 aromatic rings. The van der Waals surface area contributed by atoms with Gasteiger partial charge in [0.2, 0.25) is 5.95 Å². The summed E-state index contributed by atoms with van der Waals surface area (Å²) in [6.07, 6.45) is 13.0. The van der Waals surface area contributed by atoms with Crippen molar-refractivity contribution in [3.05, 3.63) is 54.7 Å². The minimum atomic E-state index is 0.513. The van der Waals surface area contributed by atoms with E-state index in [0.29, 0.717) is 18.5 Å². The van der Waals surface area contributed by atoms with E-state index < -0.39 is 0 Å². The first-order valence-corrected chi connectivity index (χ1v) is 8.74. The first-order chi connectivity index (χ1) is 12.8. The van der Waals surface area contributed by atoms with Gasteiger partial charge < -0.3 is 5.32 Å². The van der Waals surface area contributed by atoms with Gasteiger partial charge in [0, 0.05) is 29.7 Å². The Morgan fingerprint density at radius 3 is 2.73 bits per heavy atom. The van der Waals surface area contributed by atoms with Gasteiger partial charge in [0.15, 0.2) is 0 Å². The third kappa shape index (κ3) is 2.79. The highest BCUT2D eigenvalue weighted by molar-refractivity contribution is 5.83. The summed E-state index contributed by atoms with van der Waals surface area (Å²) in [7, 11) is 0. The standard InChI is InChI=1S/C18H18N8/c1-2-13(3-1)15-9-19-18(20-10-15)23-16-5-4-14-11-22-26(17(14)8-16)12-25-7-6-21-24-25/h4-11,13H,1-3,12H2,(H,19,20,23). The van der Waals surface area contributed by atoms with Crippen molar-refractivity contribution in [3.63, 3.8) is 0 Å². The molecule has 0 saturated heterocycles. The second-order valence-corrected chi connectivity index (χ2v) is 6.59. The van der Waals surface area contributed by atoms with Crippen molar-refractivity contribution in [1.29, 1.82) is 0 Å². The average Bonchev–Trinajstić information content (AvgIpc) is 3.26. The molecule has 3 heterocycles. The molecular formula is C18H18N8. The van der Waals surface area contributed by atoms with Crippen LogP contribution in [0.15, 0.2) is 49.2 Å². The monoisotopic (exact) mass is 346 g/mol. The lowest BCUT2D eigenvalue weighted by atomic mass is 9.81. The van der Waals surface area contributed by atoms with Crippen LogP contribution in [-0.4, -0.2) is 34.7 Å². The van der Waals surface area contributed by atoms with Crippen molar-refractivity contribution >= 4 is 22.5 Å². The molecule has 3 aromatic heterocycles. The highest BCUT2D eigenvalue weighted by Gasteiger charge is 2.20. The van der Waals surface area contributed by atoms with Crippen molar-refractivity contribution in [1.82, 2.24) is 34.7 Å². The Labute approximate surface area is 149 Å². The van der Waals surface area contributed by atoms with Crippen LogP contribution >= 0.6 is 0 Å². The SMILES string of the molecule is c1cn(Cn2ncc3ccc(Nc4ncc(C5CCC5)cn4)cc32)nn1. The third-order valence-corrected chi connectivity index (χ3v) is 4.90. The van der Waals surface area contributed by atoms with Crippen molar-refractivity contribution in [2.24, 2.45) is 0 Å². The summed E-state index contributed by atoms with van der Waals surface area (Å²) in [4.78, 5) is 8.92. The molecule has 0 atom stereocenters. The maximum atomic E-state index is 4.46. The molecule has 26 heavy (non-hydrogen) atoms. The molecule has 8 nitrogen and oxygen atoms in total. The molecule has 1 saturated carbocycles. The summed E-state index contributed by atoms with van der Waals surface area (Å²) in [6, 6.07) is 6.08. The quantitative estimate of drug-likeness (QED) is 0.598. The zero-order valence-corrected chi connectivity index (χ0v) is 14.2. The molecule has 8 heteroatoms. The van der Waals surface area contributed by atoms with Gasteiger partial charge in [-0.15, -0.1) is 5.10 Å². The first kappa shape index (κ1) is 15.0. The normalized spacial score (nSPS) is 14.5. The second-order valence-electron chi connectivity index (χ2n) is 6.59. The molecule has 0 bridgehead atoms. The van der Waals surface area contributed by atoms with Crippen LogP contribution in [0.3, 0.4) is 0 Å². The molecule has 0 spiro atoms. The lowest BCUT2D eigenvalue weighted by molar-refractivity contribution is 0.418. The summed E-state index contributed by atoms with van der Waals surface area (Å²) in [5.41, 5.74) is 3.17. The number of aromatic nitrogens is 7. The zero-order chi connectivity index (χ0) is 17.3. The molecule has 0 unspecified atom stereocenters. The fourth-order valence-electron chi connectivity index (χ4n) is 3.19. The number of hydrogen-bond donors (Lipinski definition) is 1. The summed E-state index contributed by atoms with van der Waals surface area (Å²) < 4.78 is 3.62. The maximum Gasteiger partial charge on any atom is 0.227 e. The molecule has 5 rings (SSSR count). The van der Waals surface area contributed by atoms with Crippen LogP contribution in [-0.2, 0) is 6.67 Å². The maximum absolute atomic E-state index is 4.46. The Morgan fingerprint density at radius 2 is 2.00 bits per heavy atom. The van der Waals surface area contributed by atoms with Gasteiger partial charge in [0.05, 0.1) is 17.9 Å².